The van der Waals surface area contributed by atoms with E-state index in [-0.39, 0.29) is 12.0 Å². The number of nitrogens with one attached hydrogen (secondary N) is 1. The molecule has 6 nitrogen and oxygen atoms in total. The molecular formula is C11H18N4O2S. The first-order chi connectivity index (χ1) is 8.74. The van der Waals surface area contributed by atoms with Crippen LogP contribution in [-0.4, -0.2) is 53.9 Å². The standard InChI is InChI=1S/C11H18N4O2S/c1-3-17-8-5-4-6-15(7-8)10(16)9-13-14-11(12-2)18-9/h8H,3-7H2,1-2H3,(H,12,14). The molecule has 1 aliphatic heterocycles. The van der Waals surface area contributed by atoms with Crippen molar-refractivity contribution in [2.45, 2.75) is 25.9 Å². The highest BCUT2D eigenvalue weighted by Gasteiger charge is 2.26. The van der Waals surface area contributed by atoms with Gasteiger partial charge in [-0.15, -0.1) is 10.2 Å². The second kappa shape index (κ2) is 6.10. The van der Waals surface area contributed by atoms with Gasteiger partial charge in [-0.3, -0.25) is 4.79 Å². The van der Waals surface area contributed by atoms with E-state index in [1.165, 1.54) is 11.3 Å². The summed E-state index contributed by atoms with van der Waals surface area (Å²) in [4.78, 5) is 14.0. The van der Waals surface area contributed by atoms with Crippen LogP contribution in [0, 0.1) is 0 Å². The average molecular weight is 270 g/mol. The van der Waals surface area contributed by atoms with Gasteiger partial charge in [0, 0.05) is 26.7 Å². The smallest absolute Gasteiger partial charge is 0.284 e. The lowest BCUT2D eigenvalue weighted by atomic mass is 10.1. The predicted molar refractivity (Wildman–Crippen MR) is 70.0 cm³/mol. The van der Waals surface area contributed by atoms with Gasteiger partial charge in [-0.25, -0.2) is 0 Å². The van der Waals surface area contributed by atoms with Crippen LogP contribution in [0.5, 0.6) is 0 Å². The summed E-state index contributed by atoms with van der Waals surface area (Å²) in [6.45, 7) is 4.10. The minimum absolute atomic E-state index is 0.0431. The lowest BCUT2D eigenvalue weighted by molar-refractivity contribution is 0.00720. The first kappa shape index (κ1) is 13.2. The largest absolute Gasteiger partial charge is 0.377 e. The third-order valence-corrected chi connectivity index (χ3v) is 3.82. The van der Waals surface area contributed by atoms with Crippen molar-refractivity contribution in [3.05, 3.63) is 5.01 Å². The fraction of sp³-hybridized carbons (Fsp3) is 0.727. The minimum Gasteiger partial charge on any atom is -0.377 e. The molecule has 1 fully saturated rings. The summed E-state index contributed by atoms with van der Waals surface area (Å²) < 4.78 is 5.59. The monoisotopic (exact) mass is 270 g/mol. The zero-order valence-corrected chi connectivity index (χ0v) is 11.5. The molecule has 2 rings (SSSR count). The van der Waals surface area contributed by atoms with Gasteiger partial charge in [0.2, 0.25) is 10.1 Å². The van der Waals surface area contributed by atoms with Gasteiger partial charge in [0.25, 0.3) is 5.91 Å². The van der Waals surface area contributed by atoms with E-state index >= 15 is 0 Å². The first-order valence-electron chi connectivity index (χ1n) is 6.16. The molecule has 0 saturated carbocycles. The number of carbonyl (C=O) groups excluding carboxylic acids is 1. The number of likely N-dealkylation sites (tertiary alicyclic amines) is 1. The summed E-state index contributed by atoms with van der Waals surface area (Å²) in [5.41, 5.74) is 0. The zero-order valence-electron chi connectivity index (χ0n) is 10.7. The first-order valence-corrected chi connectivity index (χ1v) is 6.98. The normalized spacial score (nSPS) is 19.9. The average Bonchev–Trinajstić information content (AvgIpc) is 2.87. The van der Waals surface area contributed by atoms with Crippen LogP contribution in [0.1, 0.15) is 29.6 Å². The maximum absolute atomic E-state index is 12.2. The molecule has 1 amide bonds. The summed E-state index contributed by atoms with van der Waals surface area (Å²) in [7, 11) is 1.76. The van der Waals surface area contributed by atoms with Gasteiger partial charge >= 0.3 is 0 Å². The molecule has 0 aromatic carbocycles. The molecule has 0 aliphatic carbocycles. The molecule has 0 spiro atoms. The number of anilines is 1. The zero-order chi connectivity index (χ0) is 13.0. The molecule has 18 heavy (non-hydrogen) atoms. The van der Waals surface area contributed by atoms with Crippen LogP contribution in [0.4, 0.5) is 5.13 Å². The van der Waals surface area contributed by atoms with Gasteiger partial charge in [-0.1, -0.05) is 11.3 Å². The molecule has 1 unspecified atom stereocenters. The molecular weight excluding hydrogens is 252 g/mol. The SMILES string of the molecule is CCOC1CCCN(C(=O)c2nnc(NC)s2)C1. The number of ether oxygens (including phenoxy) is 1. The highest BCUT2D eigenvalue weighted by molar-refractivity contribution is 7.17. The van der Waals surface area contributed by atoms with Crippen molar-refractivity contribution in [1.29, 1.82) is 0 Å². The maximum atomic E-state index is 12.2. The van der Waals surface area contributed by atoms with Gasteiger partial charge in [0.05, 0.1) is 6.10 Å². The number of amides is 1. The predicted octanol–water partition coefficient (Wildman–Crippen LogP) is 1.22. The van der Waals surface area contributed by atoms with Gasteiger partial charge in [0.1, 0.15) is 0 Å². The van der Waals surface area contributed by atoms with E-state index in [2.05, 4.69) is 15.5 Å². The lowest BCUT2D eigenvalue weighted by Gasteiger charge is -2.31. The minimum atomic E-state index is -0.0431. The number of rotatable bonds is 4. The summed E-state index contributed by atoms with van der Waals surface area (Å²) in [5, 5.41) is 11.8. The molecule has 2 heterocycles. The fourth-order valence-corrected chi connectivity index (χ4v) is 2.71. The van der Waals surface area contributed by atoms with Crippen molar-refractivity contribution >= 4 is 22.4 Å². The second-order valence-corrected chi connectivity index (χ2v) is 5.11. The highest BCUT2D eigenvalue weighted by atomic mass is 32.1. The molecule has 100 valence electrons. The Morgan fingerprint density at radius 3 is 3.11 bits per heavy atom. The fourth-order valence-electron chi connectivity index (χ4n) is 2.04. The molecule has 1 aromatic heterocycles. The third-order valence-electron chi connectivity index (χ3n) is 2.89. The Morgan fingerprint density at radius 1 is 1.61 bits per heavy atom. The van der Waals surface area contributed by atoms with Crippen LogP contribution < -0.4 is 5.32 Å². The van der Waals surface area contributed by atoms with E-state index in [1.807, 2.05) is 11.8 Å². The maximum Gasteiger partial charge on any atom is 0.284 e. The molecule has 1 atom stereocenters. The van der Waals surface area contributed by atoms with Gasteiger partial charge in [-0.2, -0.15) is 0 Å². The molecule has 0 bridgehead atoms. The number of nitrogens with zero attached hydrogens (tertiary/aromatic N) is 3. The van der Waals surface area contributed by atoms with Crippen LogP contribution >= 0.6 is 11.3 Å². The molecule has 1 aliphatic rings. The van der Waals surface area contributed by atoms with E-state index in [0.29, 0.717) is 23.3 Å². The van der Waals surface area contributed by atoms with E-state index in [9.17, 15) is 4.79 Å². The number of carbonyl (C=O) groups is 1. The Balaban J connectivity index is 1.99. The van der Waals surface area contributed by atoms with Crippen LogP contribution in [0.3, 0.4) is 0 Å². The summed E-state index contributed by atoms with van der Waals surface area (Å²) in [6, 6.07) is 0. The Kier molecular flexibility index (Phi) is 4.48. The Labute approximate surface area is 110 Å². The van der Waals surface area contributed by atoms with Crippen LogP contribution in [0.2, 0.25) is 0 Å². The van der Waals surface area contributed by atoms with Crippen molar-refractivity contribution in [2.24, 2.45) is 0 Å². The van der Waals surface area contributed by atoms with Crippen molar-refractivity contribution in [1.82, 2.24) is 15.1 Å². The van der Waals surface area contributed by atoms with E-state index < -0.39 is 0 Å². The summed E-state index contributed by atoms with van der Waals surface area (Å²) in [6.07, 6.45) is 2.16. The summed E-state index contributed by atoms with van der Waals surface area (Å²) >= 11 is 1.28. The van der Waals surface area contributed by atoms with Crippen molar-refractivity contribution in [3.8, 4) is 0 Å². The quantitative estimate of drug-likeness (QED) is 0.891. The third kappa shape index (κ3) is 2.97. The molecule has 7 heteroatoms. The van der Waals surface area contributed by atoms with Crippen LogP contribution in [0.15, 0.2) is 0 Å². The molecule has 0 radical (unpaired) electrons. The molecule has 1 aromatic rings. The Hall–Kier alpha value is -1.21. The van der Waals surface area contributed by atoms with Crippen molar-refractivity contribution < 1.29 is 9.53 Å². The van der Waals surface area contributed by atoms with Crippen LogP contribution in [-0.2, 0) is 4.74 Å². The molecule has 1 N–H and O–H groups in total. The second-order valence-electron chi connectivity index (χ2n) is 4.13. The van der Waals surface area contributed by atoms with E-state index in [1.54, 1.807) is 7.05 Å². The van der Waals surface area contributed by atoms with Crippen molar-refractivity contribution in [2.75, 3.05) is 32.1 Å². The number of piperidine rings is 1. The highest BCUT2D eigenvalue weighted by Crippen LogP contribution is 2.20. The van der Waals surface area contributed by atoms with Gasteiger partial charge in [0.15, 0.2) is 0 Å². The van der Waals surface area contributed by atoms with E-state index in [0.717, 1.165) is 19.4 Å². The lowest BCUT2D eigenvalue weighted by Crippen LogP contribution is -2.43. The number of hydrogen-bond acceptors (Lipinski definition) is 6. The molecule has 1 saturated heterocycles. The van der Waals surface area contributed by atoms with Gasteiger partial charge < -0.3 is 15.0 Å². The van der Waals surface area contributed by atoms with E-state index in [4.69, 9.17) is 4.74 Å². The topological polar surface area (TPSA) is 67.3 Å². The number of aromatic nitrogens is 2. The summed E-state index contributed by atoms with van der Waals surface area (Å²) in [5.74, 6) is -0.0431. The van der Waals surface area contributed by atoms with Crippen LogP contribution in [0.25, 0.3) is 0 Å². The van der Waals surface area contributed by atoms with Crippen molar-refractivity contribution in [3.63, 3.8) is 0 Å². The van der Waals surface area contributed by atoms with Gasteiger partial charge in [-0.05, 0) is 19.8 Å². The Morgan fingerprint density at radius 2 is 2.44 bits per heavy atom. The number of hydrogen-bond donors (Lipinski definition) is 1. The Bertz CT molecular complexity index is 408.